The molecular formula is C18H22N4O4S. The van der Waals surface area contributed by atoms with Gasteiger partial charge in [-0.3, -0.25) is 9.59 Å². The molecule has 1 aromatic heterocycles. The van der Waals surface area contributed by atoms with Gasteiger partial charge in [0.1, 0.15) is 16.5 Å². The first kappa shape index (κ1) is 19.1. The summed E-state index contributed by atoms with van der Waals surface area (Å²) < 4.78 is 10.6. The average Bonchev–Trinajstić information content (AvgIpc) is 3.28. The van der Waals surface area contributed by atoms with Crippen molar-refractivity contribution in [2.45, 2.75) is 26.2 Å². The molecule has 2 heterocycles. The second-order valence-electron chi connectivity index (χ2n) is 6.53. The molecule has 8 nitrogen and oxygen atoms in total. The van der Waals surface area contributed by atoms with E-state index >= 15 is 0 Å². The number of rotatable bonds is 6. The van der Waals surface area contributed by atoms with Gasteiger partial charge in [0.15, 0.2) is 0 Å². The summed E-state index contributed by atoms with van der Waals surface area (Å²) in [6.45, 7) is 4.30. The third kappa shape index (κ3) is 4.02. The molecule has 1 N–H and O–H groups in total. The number of carbonyl (C=O) groups is 2. The summed E-state index contributed by atoms with van der Waals surface area (Å²) in [5.74, 6) is 0.565. The molecule has 0 unspecified atom stereocenters. The summed E-state index contributed by atoms with van der Waals surface area (Å²) in [5, 5.41) is 12.1. The predicted octanol–water partition coefficient (Wildman–Crippen LogP) is 2.67. The number of anilines is 2. The van der Waals surface area contributed by atoms with E-state index in [1.165, 1.54) is 18.4 Å². The van der Waals surface area contributed by atoms with Crippen molar-refractivity contribution in [1.29, 1.82) is 0 Å². The van der Waals surface area contributed by atoms with E-state index < -0.39 is 5.92 Å². The zero-order valence-electron chi connectivity index (χ0n) is 15.7. The highest BCUT2D eigenvalue weighted by Crippen LogP contribution is 2.36. The Hall–Kier alpha value is -2.68. The molecule has 1 atom stereocenters. The minimum atomic E-state index is -0.472. The average molecular weight is 390 g/mol. The van der Waals surface area contributed by atoms with Crippen LogP contribution in [0.1, 0.15) is 31.2 Å². The Labute approximate surface area is 161 Å². The van der Waals surface area contributed by atoms with Crippen LogP contribution in [0.3, 0.4) is 0 Å². The monoisotopic (exact) mass is 390 g/mol. The summed E-state index contributed by atoms with van der Waals surface area (Å²) in [4.78, 5) is 26.7. The highest BCUT2D eigenvalue weighted by Gasteiger charge is 2.36. The van der Waals surface area contributed by atoms with Crippen molar-refractivity contribution in [3.05, 3.63) is 23.2 Å². The fourth-order valence-corrected chi connectivity index (χ4v) is 3.60. The number of nitrogens with one attached hydrogen (secondary N) is 1. The van der Waals surface area contributed by atoms with Crippen molar-refractivity contribution in [2.75, 3.05) is 31.0 Å². The fourth-order valence-electron chi connectivity index (χ4n) is 2.85. The molecule has 0 aliphatic carbocycles. The molecule has 1 aliphatic heterocycles. The maximum atomic E-state index is 12.6. The van der Waals surface area contributed by atoms with E-state index in [1.54, 1.807) is 30.2 Å². The minimum Gasteiger partial charge on any atom is -0.497 e. The van der Waals surface area contributed by atoms with Gasteiger partial charge in [0, 0.05) is 24.9 Å². The van der Waals surface area contributed by atoms with E-state index in [-0.39, 0.29) is 30.7 Å². The topological polar surface area (TPSA) is 93.7 Å². The van der Waals surface area contributed by atoms with Gasteiger partial charge in [-0.05, 0) is 12.1 Å². The largest absolute Gasteiger partial charge is 0.497 e. The molecule has 9 heteroatoms. The van der Waals surface area contributed by atoms with Crippen molar-refractivity contribution < 1.29 is 19.1 Å². The maximum Gasteiger partial charge on any atom is 0.231 e. The van der Waals surface area contributed by atoms with Gasteiger partial charge in [0.2, 0.25) is 16.9 Å². The third-order valence-electron chi connectivity index (χ3n) is 4.34. The van der Waals surface area contributed by atoms with Crippen LogP contribution in [0.2, 0.25) is 0 Å². The van der Waals surface area contributed by atoms with Crippen molar-refractivity contribution in [3.63, 3.8) is 0 Å². The van der Waals surface area contributed by atoms with Crippen LogP contribution in [0.5, 0.6) is 11.5 Å². The Morgan fingerprint density at radius 2 is 2.07 bits per heavy atom. The lowest BCUT2D eigenvalue weighted by molar-refractivity contribution is -0.122. The summed E-state index contributed by atoms with van der Waals surface area (Å²) in [5.41, 5.74) is 0.593. The number of nitrogens with zero attached hydrogens (tertiary/aromatic N) is 3. The molecular weight excluding hydrogens is 368 g/mol. The van der Waals surface area contributed by atoms with Crippen molar-refractivity contribution in [1.82, 2.24) is 10.2 Å². The minimum absolute atomic E-state index is 0.127. The van der Waals surface area contributed by atoms with E-state index in [0.717, 1.165) is 5.01 Å². The van der Waals surface area contributed by atoms with Crippen LogP contribution in [-0.2, 0) is 9.59 Å². The summed E-state index contributed by atoms with van der Waals surface area (Å²) >= 11 is 1.35. The van der Waals surface area contributed by atoms with E-state index in [2.05, 4.69) is 15.5 Å². The molecule has 0 saturated carbocycles. The fraction of sp³-hybridized carbons (Fsp3) is 0.444. The van der Waals surface area contributed by atoms with Crippen LogP contribution in [0.4, 0.5) is 10.8 Å². The lowest BCUT2D eigenvalue weighted by Gasteiger charge is -2.20. The van der Waals surface area contributed by atoms with Crippen LogP contribution < -0.4 is 19.7 Å². The van der Waals surface area contributed by atoms with Crippen molar-refractivity contribution in [2.24, 2.45) is 5.92 Å². The molecule has 3 rings (SSSR count). The number of benzene rings is 1. The molecule has 1 saturated heterocycles. The Balaban J connectivity index is 1.74. The van der Waals surface area contributed by atoms with Crippen LogP contribution in [0, 0.1) is 5.92 Å². The standard InChI is InChI=1S/C18H22N4O4S/c1-10(2)17-20-21-18(27-17)19-16(24)11-7-15(23)22(9-11)13-8-12(25-3)5-6-14(13)26-4/h5-6,8,10-11H,7,9H2,1-4H3,(H,19,21,24)/t11-/m0/s1. The molecule has 1 fully saturated rings. The molecule has 2 aromatic rings. The third-order valence-corrected chi connectivity index (χ3v) is 5.48. The van der Waals surface area contributed by atoms with Gasteiger partial charge >= 0.3 is 0 Å². The van der Waals surface area contributed by atoms with E-state index in [1.807, 2.05) is 13.8 Å². The Morgan fingerprint density at radius 1 is 1.30 bits per heavy atom. The van der Waals surface area contributed by atoms with E-state index in [9.17, 15) is 9.59 Å². The van der Waals surface area contributed by atoms with E-state index in [0.29, 0.717) is 22.3 Å². The number of carbonyl (C=O) groups excluding carboxylic acids is 2. The van der Waals surface area contributed by atoms with E-state index in [4.69, 9.17) is 9.47 Å². The summed E-state index contributed by atoms with van der Waals surface area (Å²) in [6.07, 6.45) is 0.127. The molecule has 2 amide bonds. The normalized spacial score (nSPS) is 16.7. The van der Waals surface area contributed by atoms with Crippen LogP contribution in [-0.4, -0.2) is 42.8 Å². The van der Waals surface area contributed by atoms with Gasteiger partial charge in [-0.2, -0.15) is 0 Å². The number of aromatic nitrogens is 2. The zero-order chi connectivity index (χ0) is 19.6. The van der Waals surface area contributed by atoms with Crippen LogP contribution >= 0.6 is 11.3 Å². The first-order valence-electron chi connectivity index (χ1n) is 8.59. The SMILES string of the molecule is COc1ccc(OC)c(N2C[C@@H](C(=O)Nc3nnc(C(C)C)s3)CC2=O)c1. The number of ether oxygens (including phenoxy) is 2. The first-order chi connectivity index (χ1) is 12.9. The van der Waals surface area contributed by atoms with Gasteiger partial charge in [-0.15, -0.1) is 10.2 Å². The quantitative estimate of drug-likeness (QED) is 0.815. The van der Waals surface area contributed by atoms with Gasteiger partial charge < -0.3 is 19.7 Å². The van der Waals surface area contributed by atoms with Crippen LogP contribution in [0.25, 0.3) is 0 Å². The Kier molecular flexibility index (Phi) is 5.59. The molecule has 144 valence electrons. The predicted molar refractivity (Wildman–Crippen MR) is 103 cm³/mol. The molecule has 1 aliphatic rings. The number of hydrogen-bond donors (Lipinski definition) is 1. The lowest BCUT2D eigenvalue weighted by atomic mass is 10.1. The highest BCUT2D eigenvalue weighted by molar-refractivity contribution is 7.15. The highest BCUT2D eigenvalue weighted by atomic mass is 32.1. The maximum absolute atomic E-state index is 12.6. The Morgan fingerprint density at radius 3 is 2.70 bits per heavy atom. The molecule has 27 heavy (non-hydrogen) atoms. The second kappa shape index (κ2) is 7.91. The van der Waals surface area contributed by atoms with Crippen molar-refractivity contribution >= 4 is 34.0 Å². The molecule has 1 aromatic carbocycles. The molecule has 0 spiro atoms. The molecule has 0 bridgehead atoms. The summed E-state index contributed by atoms with van der Waals surface area (Å²) in [7, 11) is 3.10. The van der Waals surface area contributed by atoms with Gasteiger partial charge in [0.25, 0.3) is 0 Å². The molecule has 0 radical (unpaired) electrons. The van der Waals surface area contributed by atoms with Gasteiger partial charge in [-0.1, -0.05) is 25.2 Å². The summed E-state index contributed by atoms with van der Waals surface area (Å²) in [6, 6.07) is 5.23. The first-order valence-corrected chi connectivity index (χ1v) is 9.41. The van der Waals surface area contributed by atoms with Gasteiger partial charge in [0.05, 0.1) is 25.8 Å². The van der Waals surface area contributed by atoms with Crippen molar-refractivity contribution in [3.8, 4) is 11.5 Å². The number of hydrogen-bond acceptors (Lipinski definition) is 7. The zero-order valence-corrected chi connectivity index (χ0v) is 16.5. The smallest absolute Gasteiger partial charge is 0.231 e. The van der Waals surface area contributed by atoms with Crippen LogP contribution in [0.15, 0.2) is 18.2 Å². The number of amides is 2. The van der Waals surface area contributed by atoms with Gasteiger partial charge in [-0.25, -0.2) is 0 Å². The number of methoxy groups -OCH3 is 2. The second-order valence-corrected chi connectivity index (χ2v) is 7.54. The Bertz CT molecular complexity index is 852. The lowest BCUT2D eigenvalue weighted by Crippen LogP contribution is -2.28.